The molecule has 0 fully saturated rings. The summed E-state index contributed by atoms with van der Waals surface area (Å²) in [4.78, 5) is 0.0884. The van der Waals surface area contributed by atoms with Gasteiger partial charge in [-0.3, -0.25) is 0 Å². The molecule has 0 saturated carbocycles. The van der Waals surface area contributed by atoms with E-state index in [1.165, 1.54) is 6.07 Å². The van der Waals surface area contributed by atoms with Crippen molar-refractivity contribution in [3.05, 3.63) is 65.2 Å². The maximum atomic E-state index is 12.8. The summed E-state index contributed by atoms with van der Waals surface area (Å²) in [5.74, 6) is 0. The summed E-state index contributed by atoms with van der Waals surface area (Å²) in [6.45, 7) is 8.93. The average molecular weight is 347 g/mol. The van der Waals surface area contributed by atoms with Gasteiger partial charge in [-0.1, -0.05) is 48.0 Å². The number of benzene rings is 2. The molecule has 5 heteroatoms. The summed E-state index contributed by atoms with van der Waals surface area (Å²) in [7, 11) is -3.76. The Labute approximate surface area is 144 Å². The molecule has 0 amide bonds. The van der Waals surface area contributed by atoms with Gasteiger partial charge in [-0.25, -0.2) is 13.1 Å². The molecule has 130 valence electrons. The zero-order chi connectivity index (χ0) is 18.2. The molecule has 2 N–H and O–H groups in total. The molecule has 24 heavy (non-hydrogen) atoms. The van der Waals surface area contributed by atoms with E-state index < -0.39 is 21.2 Å². The second-order valence-electron chi connectivity index (χ2n) is 7.29. The Morgan fingerprint density at radius 1 is 0.917 bits per heavy atom. The highest BCUT2D eigenvalue weighted by Gasteiger charge is 2.33. The molecule has 0 aliphatic rings. The number of sulfonamides is 1. The van der Waals surface area contributed by atoms with Gasteiger partial charge in [-0.15, -0.1) is 0 Å². The van der Waals surface area contributed by atoms with Gasteiger partial charge in [0.05, 0.1) is 4.90 Å². The van der Waals surface area contributed by atoms with Crippen molar-refractivity contribution in [1.29, 1.82) is 0 Å². The van der Waals surface area contributed by atoms with Crippen LogP contribution in [0.1, 0.15) is 44.4 Å². The van der Waals surface area contributed by atoms with Crippen LogP contribution in [0.2, 0.25) is 0 Å². The van der Waals surface area contributed by atoms with Gasteiger partial charge in [0, 0.05) is 11.1 Å². The van der Waals surface area contributed by atoms with Gasteiger partial charge >= 0.3 is 0 Å². The second kappa shape index (κ2) is 6.31. The van der Waals surface area contributed by atoms with Crippen molar-refractivity contribution in [1.82, 2.24) is 4.72 Å². The van der Waals surface area contributed by atoms with Crippen molar-refractivity contribution in [3.8, 4) is 0 Å². The fourth-order valence-electron chi connectivity index (χ4n) is 2.59. The highest BCUT2D eigenvalue weighted by molar-refractivity contribution is 7.89. The zero-order valence-corrected chi connectivity index (χ0v) is 15.6. The molecule has 2 aromatic rings. The Morgan fingerprint density at radius 3 is 2.00 bits per heavy atom. The molecule has 0 radical (unpaired) electrons. The molecule has 1 unspecified atom stereocenters. The number of aliphatic hydroxyl groups is 1. The lowest BCUT2D eigenvalue weighted by atomic mass is 9.88. The van der Waals surface area contributed by atoms with Gasteiger partial charge in [0.2, 0.25) is 10.0 Å². The van der Waals surface area contributed by atoms with Gasteiger partial charge in [-0.05, 0) is 46.2 Å². The largest absolute Gasteiger partial charge is 0.381 e. The molecule has 0 aliphatic carbocycles. The maximum absolute atomic E-state index is 12.8. The van der Waals surface area contributed by atoms with E-state index >= 15 is 0 Å². The molecule has 4 nitrogen and oxygen atoms in total. The summed E-state index contributed by atoms with van der Waals surface area (Å²) >= 11 is 0. The van der Waals surface area contributed by atoms with Gasteiger partial charge in [0.15, 0.2) is 0 Å². The van der Waals surface area contributed by atoms with Gasteiger partial charge in [-0.2, -0.15) is 0 Å². The first-order valence-corrected chi connectivity index (χ1v) is 9.35. The normalized spacial score (nSPS) is 15.1. The van der Waals surface area contributed by atoms with Crippen molar-refractivity contribution in [2.75, 3.05) is 0 Å². The first-order chi connectivity index (χ1) is 10.9. The van der Waals surface area contributed by atoms with Crippen molar-refractivity contribution >= 4 is 10.0 Å². The van der Waals surface area contributed by atoms with Crippen LogP contribution in [0.3, 0.4) is 0 Å². The molecular weight excluding hydrogens is 322 g/mol. The van der Waals surface area contributed by atoms with Gasteiger partial charge in [0.1, 0.15) is 5.60 Å². The summed E-state index contributed by atoms with van der Waals surface area (Å²) < 4.78 is 28.2. The van der Waals surface area contributed by atoms with E-state index in [2.05, 4.69) is 4.72 Å². The van der Waals surface area contributed by atoms with E-state index in [1.807, 2.05) is 31.2 Å². The lowest BCUT2D eigenvalue weighted by Crippen LogP contribution is -2.41. The van der Waals surface area contributed by atoms with Crippen LogP contribution in [-0.2, 0) is 15.6 Å². The topological polar surface area (TPSA) is 66.4 Å². The van der Waals surface area contributed by atoms with Gasteiger partial charge in [0.25, 0.3) is 0 Å². The molecule has 0 heterocycles. The number of rotatable bonds is 4. The Hall–Kier alpha value is -1.69. The van der Waals surface area contributed by atoms with E-state index in [0.717, 1.165) is 5.56 Å². The minimum atomic E-state index is -3.76. The minimum absolute atomic E-state index is 0.0884. The van der Waals surface area contributed by atoms with E-state index in [4.69, 9.17) is 0 Å². The van der Waals surface area contributed by atoms with Crippen LogP contribution in [0.25, 0.3) is 0 Å². The fraction of sp³-hybridized carbons (Fsp3) is 0.368. The number of aryl methyl sites for hydroxylation is 1. The third-order valence-electron chi connectivity index (χ3n) is 3.76. The van der Waals surface area contributed by atoms with E-state index in [-0.39, 0.29) is 4.90 Å². The molecule has 0 aromatic heterocycles. The van der Waals surface area contributed by atoms with Crippen molar-refractivity contribution in [2.24, 2.45) is 0 Å². The molecule has 1 atom stereocenters. The molecule has 2 aromatic carbocycles. The van der Waals surface area contributed by atoms with E-state index in [9.17, 15) is 13.5 Å². The summed E-state index contributed by atoms with van der Waals surface area (Å²) in [6, 6.07) is 14.0. The standard InChI is InChI=1S/C19H25NO3S/c1-14-10-12-15(13-11-14)19(5,21)16-8-6-7-9-17(16)24(22,23)20-18(2,3)4/h6-13,20-21H,1-5H3. The van der Waals surface area contributed by atoms with Crippen LogP contribution in [0.15, 0.2) is 53.4 Å². The molecule has 0 saturated heterocycles. The first kappa shape index (κ1) is 18.6. The maximum Gasteiger partial charge on any atom is 0.241 e. The zero-order valence-electron chi connectivity index (χ0n) is 14.8. The molecule has 0 spiro atoms. The minimum Gasteiger partial charge on any atom is -0.381 e. The Balaban J connectivity index is 2.58. The predicted octanol–water partition coefficient (Wildman–Crippen LogP) is 3.33. The first-order valence-electron chi connectivity index (χ1n) is 7.86. The van der Waals surface area contributed by atoms with Crippen molar-refractivity contribution in [3.63, 3.8) is 0 Å². The van der Waals surface area contributed by atoms with Crippen LogP contribution in [0.4, 0.5) is 0 Å². The highest BCUT2D eigenvalue weighted by atomic mass is 32.2. The van der Waals surface area contributed by atoms with Crippen LogP contribution in [0, 0.1) is 6.92 Å². The lowest BCUT2D eigenvalue weighted by molar-refractivity contribution is 0.0990. The van der Waals surface area contributed by atoms with Crippen LogP contribution in [0.5, 0.6) is 0 Å². The van der Waals surface area contributed by atoms with E-state index in [1.54, 1.807) is 45.9 Å². The Bertz CT molecular complexity index is 816. The Morgan fingerprint density at radius 2 is 1.46 bits per heavy atom. The average Bonchev–Trinajstić information content (AvgIpc) is 2.45. The van der Waals surface area contributed by atoms with Crippen LogP contribution >= 0.6 is 0 Å². The molecule has 2 rings (SSSR count). The van der Waals surface area contributed by atoms with Crippen LogP contribution in [-0.4, -0.2) is 19.1 Å². The summed E-state index contributed by atoms with van der Waals surface area (Å²) in [5, 5.41) is 11.1. The fourth-order valence-corrected chi connectivity index (χ4v) is 4.32. The van der Waals surface area contributed by atoms with Crippen LogP contribution < -0.4 is 4.72 Å². The number of hydrogen-bond donors (Lipinski definition) is 2. The molecule has 0 aliphatic heterocycles. The van der Waals surface area contributed by atoms with Crippen molar-refractivity contribution in [2.45, 2.75) is 50.7 Å². The third-order valence-corrected chi connectivity index (χ3v) is 5.57. The summed E-state index contributed by atoms with van der Waals surface area (Å²) in [5.41, 5.74) is 0.0421. The smallest absolute Gasteiger partial charge is 0.241 e. The second-order valence-corrected chi connectivity index (χ2v) is 8.94. The number of nitrogens with one attached hydrogen (secondary N) is 1. The quantitative estimate of drug-likeness (QED) is 0.891. The monoisotopic (exact) mass is 347 g/mol. The molecule has 0 bridgehead atoms. The summed E-state index contributed by atoms with van der Waals surface area (Å²) in [6.07, 6.45) is 0. The third kappa shape index (κ3) is 4.04. The van der Waals surface area contributed by atoms with Crippen molar-refractivity contribution < 1.29 is 13.5 Å². The SMILES string of the molecule is Cc1ccc(C(C)(O)c2ccccc2S(=O)(=O)NC(C)(C)C)cc1. The van der Waals surface area contributed by atoms with Gasteiger partial charge < -0.3 is 5.11 Å². The predicted molar refractivity (Wildman–Crippen MR) is 96.4 cm³/mol. The Kier molecular flexibility index (Phi) is 4.91. The molecular formula is C19H25NO3S. The lowest BCUT2D eigenvalue weighted by Gasteiger charge is -2.28. The highest BCUT2D eigenvalue weighted by Crippen LogP contribution is 2.33. The van der Waals surface area contributed by atoms with E-state index in [0.29, 0.717) is 11.1 Å². The number of hydrogen-bond acceptors (Lipinski definition) is 3.